The summed E-state index contributed by atoms with van der Waals surface area (Å²) in [5.74, 6) is -0.766. The van der Waals surface area contributed by atoms with Gasteiger partial charge in [0.15, 0.2) is 0 Å². The Balaban J connectivity index is 3.19. The highest BCUT2D eigenvalue weighted by Gasteiger charge is 2.17. The number of benzene rings is 1. The van der Waals surface area contributed by atoms with Crippen molar-refractivity contribution in [1.82, 2.24) is 0 Å². The van der Waals surface area contributed by atoms with E-state index in [2.05, 4.69) is 20.7 Å². The predicted molar refractivity (Wildman–Crippen MR) is 70.8 cm³/mol. The molecule has 0 aliphatic carbocycles. The molecule has 0 aromatic heterocycles. The lowest BCUT2D eigenvalue weighted by Gasteiger charge is -2.12. The molecule has 0 saturated heterocycles. The lowest BCUT2D eigenvalue weighted by molar-refractivity contribution is -0.142. The van der Waals surface area contributed by atoms with Crippen molar-refractivity contribution in [2.75, 3.05) is 6.61 Å². The molecule has 0 atom stereocenters. The molecule has 0 spiro atoms. The summed E-state index contributed by atoms with van der Waals surface area (Å²) < 4.78 is 33.8. The molecule has 0 aliphatic rings. The van der Waals surface area contributed by atoms with E-state index in [1.165, 1.54) is 6.07 Å². The van der Waals surface area contributed by atoms with Crippen molar-refractivity contribution in [1.29, 1.82) is 5.26 Å². The largest absolute Gasteiger partial charge is 0.466 e. The quantitative estimate of drug-likeness (QED) is 0.585. The summed E-state index contributed by atoms with van der Waals surface area (Å²) in [5, 5.41) is 9.46. The number of halogens is 3. The molecule has 0 radical (unpaired) electrons. The monoisotopic (exact) mass is 347 g/mol. The number of ether oxygens (including phenoxy) is 2. The average Bonchev–Trinajstić information content (AvgIpc) is 2.37. The second-order valence-corrected chi connectivity index (χ2v) is 4.29. The number of carbonyl (C=O) groups is 1. The number of hydrogen-bond acceptors (Lipinski definition) is 4. The van der Waals surface area contributed by atoms with Gasteiger partial charge in [-0.15, -0.1) is 0 Å². The van der Waals surface area contributed by atoms with Crippen LogP contribution in [0, 0.1) is 11.3 Å². The van der Waals surface area contributed by atoms with Crippen molar-refractivity contribution in [3.8, 4) is 11.8 Å². The zero-order valence-electron chi connectivity index (χ0n) is 10.7. The van der Waals surface area contributed by atoms with Crippen LogP contribution >= 0.6 is 15.9 Å². The first-order valence-electron chi connectivity index (χ1n) is 5.74. The van der Waals surface area contributed by atoms with Gasteiger partial charge in [0, 0.05) is 5.33 Å². The molecule has 20 heavy (non-hydrogen) atoms. The lowest BCUT2D eigenvalue weighted by Crippen LogP contribution is -2.11. The number of alkyl halides is 3. The number of rotatable bonds is 6. The smallest absolute Gasteiger partial charge is 0.387 e. The molecule has 0 heterocycles. The lowest BCUT2D eigenvalue weighted by atomic mass is 10.0. The summed E-state index contributed by atoms with van der Waals surface area (Å²) in [4.78, 5) is 11.5. The molecule has 108 valence electrons. The molecule has 4 nitrogen and oxygen atoms in total. The van der Waals surface area contributed by atoms with E-state index < -0.39 is 12.6 Å². The third-order valence-electron chi connectivity index (χ3n) is 2.37. The Labute approximate surface area is 123 Å². The van der Waals surface area contributed by atoms with E-state index in [0.717, 1.165) is 0 Å². The Morgan fingerprint density at radius 1 is 1.50 bits per heavy atom. The van der Waals surface area contributed by atoms with Crippen molar-refractivity contribution in [3.63, 3.8) is 0 Å². The molecule has 1 aromatic rings. The van der Waals surface area contributed by atoms with Gasteiger partial charge in [0.05, 0.1) is 18.6 Å². The van der Waals surface area contributed by atoms with Gasteiger partial charge in [0.25, 0.3) is 0 Å². The van der Waals surface area contributed by atoms with Gasteiger partial charge < -0.3 is 9.47 Å². The molecule has 1 rings (SSSR count). The normalized spacial score (nSPS) is 10.2. The summed E-state index contributed by atoms with van der Waals surface area (Å²) in [7, 11) is 0. The molecule has 0 fully saturated rings. The van der Waals surface area contributed by atoms with Crippen LogP contribution < -0.4 is 4.74 Å². The topological polar surface area (TPSA) is 59.3 Å². The average molecular weight is 348 g/mol. The van der Waals surface area contributed by atoms with Gasteiger partial charge in [-0.2, -0.15) is 14.0 Å². The van der Waals surface area contributed by atoms with E-state index >= 15 is 0 Å². The molecule has 0 aliphatic heterocycles. The van der Waals surface area contributed by atoms with Crippen LogP contribution in [0.2, 0.25) is 0 Å². The second-order valence-electron chi connectivity index (χ2n) is 3.73. The van der Waals surface area contributed by atoms with Crippen LogP contribution in [0.1, 0.15) is 23.6 Å². The van der Waals surface area contributed by atoms with Crippen molar-refractivity contribution < 1.29 is 23.0 Å². The molecule has 0 saturated carbocycles. The third kappa shape index (κ3) is 4.46. The fourth-order valence-electron chi connectivity index (χ4n) is 1.64. The number of esters is 1. The molecule has 0 bridgehead atoms. The Kier molecular flexibility index (Phi) is 6.39. The van der Waals surface area contributed by atoms with Crippen molar-refractivity contribution in [2.45, 2.75) is 25.3 Å². The minimum Gasteiger partial charge on any atom is -0.466 e. The van der Waals surface area contributed by atoms with E-state index in [1.807, 2.05) is 0 Å². The van der Waals surface area contributed by atoms with E-state index in [4.69, 9.17) is 10.00 Å². The fourth-order valence-corrected chi connectivity index (χ4v) is 1.96. The maximum atomic E-state index is 12.4. The number of nitrogens with zero attached hydrogens (tertiary/aromatic N) is 1. The fraction of sp³-hybridized carbons (Fsp3) is 0.385. The summed E-state index contributed by atoms with van der Waals surface area (Å²) in [6, 6.07) is 4.71. The molecule has 1 aromatic carbocycles. The highest BCUT2D eigenvalue weighted by molar-refractivity contribution is 9.08. The molecule has 0 unspecified atom stereocenters. The van der Waals surface area contributed by atoms with Crippen LogP contribution in [-0.4, -0.2) is 19.2 Å². The van der Waals surface area contributed by atoms with Crippen molar-refractivity contribution >= 4 is 21.9 Å². The maximum Gasteiger partial charge on any atom is 0.387 e. The number of hydrogen-bond donors (Lipinski definition) is 0. The summed E-state index contributed by atoms with van der Waals surface area (Å²) in [5.41, 5.74) is 0.848. The Bertz CT molecular complexity index is 529. The van der Waals surface area contributed by atoms with E-state index in [1.54, 1.807) is 19.1 Å². The van der Waals surface area contributed by atoms with Gasteiger partial charge in [-0.1, -0.05) is 22.0 Å². The maximum absolute atomic E-state index is 12.4. The first-order chi connectivity index (χ1) is 9.51. The third-order valence-corrected chi connectivity index (χ3v) is 3.01. The van der Waals surface area contributed by atoms with Gasteiger partial charge in [0.2, 0.25) is 0 Å². The summed E-state index contributed by atoms with van der Waals surface area (Å²) in [6.07, 6.45) is -0.169. The molecular formula is C13H12BrF2NO3. The second kappa shape index (κ2) is 7.80. The van der Waals surface area contributed by atoms with Crippen LogP contribution in [0.4, 0.5) is 8.78 Å². The predicted octanol–water partition coefficient (Wildman–Crippen LogP) is 3.16. The molecule has 7 heteroatoms. The van der Waals surface area contributed by atoms with E-state index in [0.29, 0.717) is 16.5 Å². The van der Waals surface area contributed by atoms with Crippen LogP contribution in [0.5, 0.6) is 5.75 Å². The summed E-state index contributed by atoms with van der Waals surface area (Å²) in [6.45, 7) is -1.18. The zero-order chi connectivity index (χ0) is 15.1. The van der Waals surface area contributed by atoms with Gasteiger partial charge in [-0.3, -0.25) is 4.79 Å². The van der Waals surface area contributed by atoms with E-state index in [-0.39, 0.29) is 24.3 Å². The van der Waals surface area contributed by atoms with Crippen LogP contribution in [0.25, 0.3) is 0 Å². The SMILES string of the molecule is CCOC(=O)Cc1cc(CBr)cc(OC(F)F)c1C#N. The zero-order valence-corrected chi connectivity index (χ0v) is 12.2. The molecule has 0 N–H and O–H groups in total. The molecular weight excluding hydrogens is 336 g/mol. The number of carbonyl (C=O) groups excluding carboxylic acids is 1. The highest BCUT2D eigenvalue weighted by Crippen LogP contribution is 2.27. The highest BCUT2D eigenvalue weighted by atomic mass is 79.9. The summed E-state index contributed by atoms with van der Waals surface area (Å²) >= 11 is 3.19. The Morgan fingerprint density at radius 3 is 2.70 bits per heavy atom. The standard InChI is InChI=1S/C13H12BrF2NO3/c1-2-19-12(18)5-9-3-8(6-14)4-11(10(9)7-17)20-13(15)16/h3-4,13H,2,5-6H2,1H3. The van der Waals surface area contributed by atoms with Gasteiger partial charge >= 0.3 is 12.6 Å². The minimum absolute atomic E-state index is 0.0805. The Morgan fingerprint density at radius 2 is 2.20 bits per heavy atom. The van der Waals surface area contributed by atoms with Crippen LogP contribution in [0.15, 0.2) is 12.1 Å². The van der Waals surface area contributed by atoms with E-state index in [9.17, 15) is 13.6 Å². The van der Waals surface area contributed by atoms with Gasteiger partial charge in [-0.05, 0) is 24.1 Å². The van der Waals surface area contributed by atoms with Crippen molar-refractivity contribution in [3.05, 3.63) is 28.8 Å². The molecule has 0 amide bonds. The Hall–Kier alpha value is -1.68. The van der Waals surface area contributed by atoms with Crippen molar-refractivity contribution in [2.24, 2.45) is 0 Å². The minimum atomic E-state index is -3.04. The first-order valence-corrected chi connectivity index (χ1v) is 6.86. The van der Waals surface area contributed by atoms with Crippen LogP contribution in [-0.2, 0) is 21.3 Å². The van der Waals surface area contributed by atoms with Gasteiger partial charge in [-0.25, -0.2) is 0 Å². The van der Waals surface area contributed by atoms with Gasteiger partial charge in [0.1, 0.15) is 11.8 Å². The first kappa shape index (κ1) is 16.4. The number of nitriles is 1. The van der Waals surface area contributed by atoms with Crippen LogP contribution in [0.3, 0.4) is 0 Å².